The van der Waals surface area contributed by atoms with Gasteiger partial charge in [-0.05, 0) is 30.3 Å². The number of hydrogen-bond acceptors (Lipinski definition) is 6. The van der Waals surface area contributed by atoms with Gasteiger partial charge < -0.3 is 4.52 Å². The van der Waals surface area contributed by atoms with Gasteiger partial charge in [0.15, 0.2) is 5.82 Å². The lowest BCUT2D eigenvalue weighted by Crippen LogP contribution is -2.12. The average Bonchev–Trinajstić information content (AvgIpc) is 3.32. The van der Waals surface area contributed by atoms with Crippen LogP contribution < -0.4 is 0 Å². The summed E-state index contributed by atoms with van der Waals surface area (Å²) in [7, 11) is -3.93. The number of hydrogen-bond donors (Lipinski definition) is 0. The molecule has 2 aromatic carbocycles. The Bertz CT molecular complexity index is 1250. The number of imidazole rings is 1. The van der Waals surface area contributed by atoms with E-state index in [1.54, 1.807) is 30.3 Å². The predicted molar refractivity (Wildman–Crippen MR) is 99.2 cm³/mol. The Kier molecular flexibility index (Phi) is 4.70. The molecular formula is C18H12ClFN4O3S. The van der Waals surface area contributed by atoms with Crippen LogP contribution in [-0.2, 0) is 15.6 Å². The molecule has 4 aromatic rings. The summed E-state index contributed by atoms with van der Waals surface area (Å²) in [6.07, 6.45) is 2.76. The monoisotopic (exact) mass is 418 g/mol. The van der Waals surface area contributed by atoms with Crippen molar-refractivity contribution in [1.82, 2.24) is 19.7 Å². The highest BCUT2D eigenvalue weighted by molar-refractivity contribution is 7.90. The molecule has 0 fully saturated rings. The van der Waals surface area contributed by atoms with Crippen molar-refractivity contribution in [2.75, 3.05) is 0 Å². The predicted octanol–water partition coefficient (Wildman–Crippen LogP) is 3.69. The summed E-state index contributed by atoms with van der Waals surface area (Å²) in [5.74, 6) is -0.946. The molecule has 0 bridgehead atoms. The molecule has 28 heavy (non-hydrogen) atoms. The van der Waals surface area contributed by atoms with Gasteiger partial charge in [-0.3, -0.25) is 4.57 Å². The smallest absolute Gasteiger partial charge is 0.259 e. The number of benzene rings is 2. The zero-order valence-corrected chi connectivity index (χ0v) is 15.7. The second-order valence-corrected chi connectivity index (χ2v) is 8.10. The third-order valence-electron chi connectivity index (χ3n) is 3.86. The summed E-state index contributed by atoms with van der Waals surface area (Å²) in [6, 6.07) is 12.4. The number of sulfone groups is 1. The minimum Gasteiger partial charge on any atom is -0.334 e. The van der Waals surface area contributed by atoms with Gasteiger partial charge in [0.05, 0.1) is 16.3 Å². The van der Waals surface area contributed by atoms with E-state index in [0.29, 0.717) is 16.3 Å². The van der Waals surface area contributed by atoms with Crippen molar-refractivity contribution in [3.8, 4) is 17.1 Å². The molecule has 10 heteroatoms. The molecule has 0 amide bonds. The molecule has 7 nitrogen and oxygen atoms in total. The lowest BCUT2D eigenvalue weighted by Gasteiger charge is -2.07. The van der Waals surface area contributed by atoms with Gasteiger partial charge in [0.2, 0.25) is 15.0 Å². The molecule has 2 aromatic heterocycles. The van der Waals surface area contributed by atoms with Gasteiger partial charge in [0.1, 0.15) is 11.6 Å². The Balaban J connectivity index is 1.65. The van der Waals surface area contributed by atoms with Crippen LogP contribution in [-0.4, -0.2) is 28.1 Å². The van der Waals surface area contributed by atoms with Gasteiger partial charge in [-0.1, -0.05) is 35.0 Å². The minimum atomic E-state index is -3.93. The molecule has 0 radical (unpaired) electrons. The first kappa shape index (κ1) is 18.3. The number of rotatable bonds is 5. The minimum absolute atomic E-state index is 0.0382. The van der Waals surface area contributed by atoms with Crippen LogP contribution in [0.1, 0.15) is 5.82 Å². The molecule has 0 saturated heterocycles. The normalized spacial score (nSPS) is 11.6. The van der Waals surface area contributed by atoms with Crippen molar-refractivity contribution in [1.29, 1.82) is 0 Å². The number of aromatic nitrogens is 4. The van der Waals surface area contributed by atoms with Gasteiger partial charge in [-0.15, -0.1) is 0 Å². The average molecular weight is 419 g/mol. The summed E-state index contributed by atoms with van der Waals surface area (Å²) >= 11 is 6.09. The zero-order chi connectivity index (χ0) is 19.7. The summed E-state index contributed by atoms with van der Waals surface area (Å²) in [4.78, 5) is 8.03. The number of nitrogens with zero attached hydrogens (tertiary/aromatic N) is 4. The highest BCUT2D eigenvalue weighted by Crippen LogP contribution is 2.26. The molecule has 142 valence electrons. The van der Waals surface area contributed by atoms with Gasteiger partial charge in [0, 0.05) is 12.4 Å². The molecule has 0 aliphatic carbocycles. The molecular weight excluding hydrogens is 407 g/mol. The van der Waals surface area contributed by atoms with Crippen molar-refractivity contribution in [3.63, 3.8) is 0 Å². The summed E-state index contributed by atoms with van der Waals surface area (Å²) in [5.41, 5.74) is 0.836. The molecule has 0 unspecified atom stereocenters. The first-order valence-corrected chi connectivity index (χ1v) is 10.1. The van der Waals surface area contributed by atoms with E-state index in [0.717, 1.165) is 0 Å². The van der Waals surface area contributed by atoms with E-state index in [1.165, 1.54) is 35.2 Å². The van der Waals surface area contributed by atoms with Gasteiger partial charge in [-0.2, -0.15) is 4.98 Å². The summed E-state index contributed by atoms with van der Waals surface area (Å²) in [5, 5.41) is 3.88. The van der Waals surface area contributed by atoms with Crippen molar-refractivity contribution in [3.05, 3.63) is 77.6 Å². The molecule has 0 atom stereocenters. The third-order valence-corrected chi connectivity index (χ3v) is 5.69. The largest absolute Gasteiger partial charge is 0.334 e. The molecule has 0 aliphatic heterocycles. The van der Waals surface area contributed by atoms with E-state index in [9.17, 15) is 12.8 Å². The van der Waals surface area contributed by atoms with Crippen LogP contribution >= 0.6 is 11.6 Å². The lowest BCUT2D eigenvalue weighted by atomic mass is 10.2. The molecule has 0 saturated carbocycles. The van der Waals surface area contributed by atoms with Crippen LogP contribution in [0.15, 0.2) is 70.6 Å². The molecule has 0 aliphatic rings. The van der Waals surface area contributed by atoms with Crippen LogP contribution in [0.4, 0.5) is 4.39 Å². The Morgan fingerprint density at radius 2 is 1.96 bits per heavy atom. The van der Waals surface area contributed by atoms with E-state index < -0.39 is 21.4 Å². The highest BCUT2D eigenvalue weighted by Gasteiger charge is 2.25. The maximum atomic E-state index is 13.5. The fourth-order valence-electron chi connectivity index (χ4n) is 2.63. The first-order valence-electron chi connectivity index (χ1n) is 8.03. The van der Waals surface area contributed by atoms with E-state index >= 15 is 0 Å². The fourth-order valence-corrected chi connectivity index (χ4v) is 4.12. The Morgan fingerprint density at radius 3 is 2.75 bits per heavy atom. The maximum absolute atomic E-state index is 13.5. The van der Waals surface area contributed by atoms with Gasteiger partial charge in [0.25, 0.3) is 5.89 Å². The van der Waals surface area contributed by atoms with Crippen molar-refractivity contribution in [2.24, 2.45) is 0 Å². The van der Waals surface area contributed by atoms with Crippen LogP contribution in [0.25, 0.3) is 17.1 Å². The van der Waals surface area contributed by atoms with Crippen LogP contribution in [0.3, 0.4) is 0 Å². The van der Waals surface area contributed by atoms with Crippen molar-refractivity contribution in [2.45, 2.75) is 10.9 Å². The summed E-state index contributed by atoms with van der Waals surface area (Å²) < 4.78 is 45.6. The van der Waals surface area contributed by atoms with Gasteiger partial charge >= 0.3 is 0 Å². The quantitative estimate of drug-likeness (QED) is 0.491. The van der Waals surface area contributed by atoms with E-state index in [2.05, 4.69) is 15.1 Å². The first-order chi connectivity index (χ1) is 13.4. The van der Waals surface area contributed by atoms with Gasteiger partial charge in [-0.25, -0.2) is 17.8 Å². The highest BCUT2D eigenvalue weighted by atomic mass is 35.5. The van der Waals surface area contributed by atoms with E-state index in [1.807, 2.05) is 0 Å². The SMILES string of the molecule is O=S(=O)(Cc1noc(-c2ccccc2Cl)n1)c1nccn1-c1cccc(F)c1. The topological polar surface area (TPSA) is 90.9 Å². The van der Waals surface area contributed by atoms with Crippen molar-refractivity contribution >= 4 is 21.4 Å². The second-order valence-electron chi connectivity index (χ2n) is 5.81. The van der Waals surface area contributed by atoms with Crippen LogP contribution in [0.2, 0.25) is 5.02 Å². The molecule has 0 spiro atoms. The standard InChI is InChI=1S/C18H12ClFN4O3S/c19-15-7-2-1-6-14(15)17-22-16(23-27-17)11-28(25,26)18-21-8-9-24(18)13-5-3-4-12(20)10-13/h1-10H,11H2. The maximum Gasteiger partial charge on any atom is 0.259 e. The molecule has 0 N–H and O–H groups in total. The van der Waals surface area contributed by atoms with Crippen LogP contribution in [0, 0.1) is 5.82 Å². The van der Waals surface area contributed by atoms with E-state index in [4.69, 9.17) is 16.1 Å². The van der Waals surface area contributed by atoms with Crippen LogP contribution in [0.5, 0.6) is 0 Å². The summed E-state index contributed by atoms with van der Waals surface area (Å²) in [6.45, 7) is 0. The molecule has 4 rings (SSSR count). The number of halogens is 2. The fraction of sp³-hybridized carbons (Fsp3) is 0.0556. The lowest BCUT2D eigenvalue weighted by molar-refractivity contribution is 0.424. The Morgan fingerprint density at radius 1 is 1.14 bits per heavy atom. The van der Waals surface area contributed by atoms with Crippen molar-refractivity contribution < 1.29 is 17.3 Å². The van der Waals surface area contributed by atoms with E-state index in [-0.39, 0.29) is 16.9 Å². The Hall–Kier alpha value is -3.04. The second kappa shape index (κ2) is 7.17. The molecule has 2 heterocycles. The Labute approximate surface area is 164 Å². The third kappa shape index (κ3) is 3.54. The zero-order valence-electron chi connectivity index (χ0n) is 14.2.